The third-order valence-corrected chi connectivity index (χ3v) is 3.09. The number of carbonyl (C=O) groups excluding carboxylic acids is 1. The molecule has 2 aromatic rings. The first-order chi connectivity index (χ1) is 8.34. The molecule has 0 bridgehead atoms. The Bertz CT molecular complexity index is 473. The number of nitrogens with one attached hydrogen (secondary N) is 1. The molecule has 0 aliphatic carbocycles. The van der Waals surface area contributed by atoms with Crippen molar-refractivity contribution in [3.63, 3.8) is 0 Å². The minimum Gasteiger partial charge on any atom is -0.325 e. The van der Waals surface area contributed by atoms with Gasteiger partial charge in [0.2, 0.25) is 5.91 Å². The van der Waals surface area contributed by atoms with E-state index in [4.69, 9.17) is 0 Å². The highest BCUT2D eigenvalue weighted by molar-refractivity contribution is 8.00. The van der Waals surface area contributed by atoms with Gasteiger partial charge in [0.1, 0.15) is 0 Å². The number of thioether (sulfide) groups is 1. The predicted molar refractivity (Wildman–Crippen MR) is 70.0 cm³/mol. The molecule has 1 amide bonds. The molecule has 0 saturated carbocycles. The summed E-state index contributed by atoms with van der Waals surface area (Å²) in [5, 5.41) is 2.84. The first-order valence-electron chi connectivity index (χ1n) is 5.22. The fourth-order valence-corrected chi connectivity index (χ4v) is 1.99. The lowest BCUT2D eigenvalue weighted by molar-refractivity contribution is -0.113. The fourth-order valence-electron chi connectivity index (χ4n) is 1.30. The van der Waals surface area contributed by atoms with Gasteiger partial charge in [-0.25, -0.2) is 0 Å². The lowest BCUT2D eigenvalue weighted by atomic mass is 10.3. The molecule has 4 heteroatoms. The predicted octanol–water partition coefficient (Wildman–Crippen LogP) is 2.81. The summed E-state index contributed by atoms with van der Waals surface area (Å²) in [6, 6.07) is 13.2. The maximum Gasteiger partial charge on any atom is 0.234 e. The summed E-state index contributed by atoms with van der Waals surface area (Å²) in [7, 11) is 0. The molecule has 2 rings (SSSR count). The number of nitrogens with zero attached hydrogens (tertiary/aromatic N) is 1. The van der Waals surface area contributed by atoms with E-state index in [1.807, 2.05) is 42.5 Å². The zero-order valence-corrected chi connectivity index (χ0v) is 9.98. The van der Waals surface area contributed by atoms with Gasteiger partial charge in [0.25, 0.3) is 0 Å². The van der Waals surface area contributed by atoms with Gasteiger partial charge in [0.15, 0.2) is 0 Å². The summed E-state index contributed by atoms with van der Waals surface area (Å²) >= 11 is 1.50. The van der Waals surface area contributed by atoms with Crippen molar-refractivity contribution < 1.29 is 4.79 Å². The fraction of sp³-hybridized carbons (Fsp3) is 0.0769. The molecule has 0 fully saturated rings. The van der Waals surface area contributed by atoms with Crippen molar-refractivity contribution in [3.05, 3.63) is 54.9 Å². The van der Waals surface area contributed by atoms with Gasteiger partial charge in [-0.15, -0.1) is 11.8 Å². The normalized spacial score (nSPS) is 9.88. The molecular formula is C13H12N2OS. The van der Waals surface area contributed by atoms with Gasteiger partial charge >= 0.3 is 0 Å². The van der Waals surface area contributed by atoms with Crippen molar-refractivity contribution in [3.8, 4) is 0 Å². The number of para-hydroxylation sites is 1. The second kappa shape index (κ2) is 6.06. The van der Waals surface area contributed by atoms with E-state index in [1.165, 1.54) is 11.8 Å². The van der Waals surface area contributed by atoms with Crippen LogP contribution in [0.5, 0.6) is 0 Å². The van der Waals surface area contributed by atoms with Crippen LogP contribution in [0.25, 0.3) is 0 Å². The van der Waals surface area contributed by atoms with Gasteiger partial charge in [-0.05, 0) is 24.3 Å². The molecule has 0 saturated heterocycles. The second-order valence-electron chi connectivity index (χ2n) is 3.39. The SMILES string of the molecule is O=C(CSc1ccncc1)Nc1ccccc1. The number of benzene rings is 1. The van der Waals surface area contributed by atoms with Crippen LogP contribution in [0.4, 0.5) is 5.69 Å². The maximum atomic E-state index is 11.6. The molecule has 1 N–H and O–H groups in total. The summed E-state index contributed by atoms with van der Waals surface area (Å²) in [4.78, 5) is 16.6. The molecule has 1 heterocycles. The Labute approximate surface area is 104 Å². The highest BCUT2D eigenvalue weighted by atomic mass is 32.2. The minimum absolute atomic E-state index is 0.00184. The molecule has 17 heavy (non-hydrogen) atoms. The Morgan fingerprint density at radius 1 is 1.12 bits per heavy atom. The van der Waals surface area contributed by atoms with Crippen LogP contribution < -0.4 is 5.32 Å². The standard InChI is InChI=1S/C13H12N2OS/c16-13(15-11-4-2-1-3-5-11)10-17-12-6-8-14-9-7-12/h1-9H,10H2,(H,15,16). The average Bonchev–Trinajstić information content (AvgIpc) is 2.39. The van der Waals surface area contributed by atoms with Crippen LogP contribution in [0.2, 0.25) is 0 Å². The van der Waals surface area contributed by atoms with E-state index in [9.17, 15) is 4.79 Å². The van der Waals surface area contributed by atoms with Gasteiger partial charge in [0, 0.05) is 23.0 Å². The zero-order valence-electron chi connectivity index (χ0n) is 9.17. The summed E-state index contributed by atoms with van der Waals surface area (Å²) in [6.07, 6.45) is 3.44. The van der Waals surface area contributed by atoms with E-state index >= 15 is 0 Å². The second-order valence-corrected chi connectivity index (χ2v) is 4.43. The molecule has 86 valence electrons. The van der Waals surface area contributed by atoms with Crippen LogP contribution in [0.1, 0.15) is 0 Å². The average molecular weight is 244 g/mol. The number of aromatic nitrogens is 1. The van der Waals surface area contributed by atoms with Crippen molar-refractivity contribution in [2.45, 2.75) is 4.90 Å². The van der Waals surface area contributed by atoms with E-state index < -0.39 is 0 Å². The Hall–Kier alpha value is -1.81. The van der Waals surface area contributed by atoms with E-state index in [0.717, 1.165) is 10.6 Å². The third-order valence-electron chi connectivity index (χ3n) is 2.08. The van der Waals surface area contributed by atoms with Crippen LogP contribution >= 0.6 is 11.8 Å². The molecule has 1 aromatic heterocycles. The van der Waals surface area contributed by atoms with Gasteiger partial charge in [-0.1, -0.05) is 18.2 Å². The molecule has 0 spiro atoms. The van der Waals surface area contributed by atoms with Crippen LogP contribution in [0.3, 0.4) is 0 Å². The first kappa shape index (κ1) is 11.7. The number of anilines is 1. The Morgan fingerprint density at radius 3 is 2.53 bits per heavy atom. The maximum absolute atomic E-state index is 11.6. The van der Waals surface area contributed by atoms with Crippen LogP contribution in [-0.4, -0.2) is 16.6 Å². The summed E-state index contributed by atoms with van der Waals surface area (Å²) in [5.41, 5.74) is 0.827. The largest absolute Gasteiger partial charge is 0.325 e. The lowest BCUT2D eigenvalue weighted by Gasteiger charge is -2.04. The third kappa shape index (κ3) is 3.92. The molecule has 0 radical (unpaired) electrons. The topological polar surface area (TPSA) is 42.0 Å². The summed E-state index contributed by atoms with van der Waals surface area (Å²) < 4.78 is 0. The van der Waals surface area contributed by atoms with E-state index in [1.54, 1.807) is 12.4 Å². The first-order valence-corrected chi connectivity index (χ1v) is 6.21. The lowest BCUT2D eigenvalue weighted by Crippen LogP contribution is -2.13. The molecule has 3 nitrogen and oxygen atoms in total. The molecule has 0 aliphatic rings. The summed E-state index contributed by atoms with van der Waals surface area (Å²) in [6.45, 7) is 0. The van der Waals surface area contributed by atoms with E-state index in [-0.39, 0.29) is 5.91 Å². The van der Waals surface area contributed by atoms with Gasteiger partial charge in [-0.2, -0.15) is 0 Å². The number of pyridine rings is 1. The number of carbonyl (C=O) groups is 1. The highest BCUT2D eigenvalue weighted by Gasteiger charge is 2.02. The minimum atomic E-state index is -0.00184. The van der Waals surface area contributed by atoms with Crippen molar-refractivity contribution in [1.82, 2.24) is 4.98 Å². The quantitative estimate of drug-likeness (QED) is 0.841. The number of rotatable bonds is 4. The van der Waals surface area contributed by atoms with Crippen LogP contribution in [0, 0.1) is 0 Å². The van der Waals surface area contributed by atoms with Gasteiger partial charge in [-0.3, -0.25) is 9.78 Å². The Kier molecular flexibility index (Phi) is 4.16. The summed E-state index contributed by atoms with van der Waals surface area (Å²) in [5.74, 6) is 0.400. The number of hydrogen-bond donors (Lipinski definition) is 1. The van der Waals surface area contributed by atoms with Crippen molar-refractivity contribution in [2.24, 2.45) is 0 Å². The highest BCUT2D eigenvalue weighted by Crippen LogP contribution is 2.16. The monoisotopic (exact) mass is 244 g/mol. The van der Waals surface area contributed by atoms with Crippen LogP contribution in [0.15, 0.2) is 59.8 Å². The van der Waals surface area contributed by atoms with Gasteiger partial charge in [0.05, 0.1) is 5.75 Å². The van der Waals surface area contributed by atoms with Crippen molar-refractivity contribution in [2.75, 3.05) is 11.1 Å². The van der Waals surface area contributed by atoms with Crippen LogP contribution in [-0.2, 0) is 4.79 Å². The van der Waals surface area contributed by atoms with E-state index in [0.29, 0.717) is 5.75 Å². The molecule has 0 unspecified atom stereocenters. The molecule has 0 aliphatic heterocycles. The zero-order chi connectivity index (χ0) is 11.9. The number of hydrogen-bond acceptors (Lipinski definition) is 3. The smallest absolute Gasteiger partial charge is 0.234 e. The number of amides is 1. The van der Waals surface area contributed by atoms with Gasteiger partial charge < -0.3 is 5.32 Å². The molecule has 0 atom stereocenters. The van der Waals surface area contributed by atoms with Crippen molar-refractivity contribution in [1.29, 1.82) is 0 Å². The Morgan fingerprint density at radius 2 is 1.82 bits per heavy atom. The molecule has 1 aromatic carbocycles. The molecular weight excluding hydrogens is 232 g/mol. The Balaban J connectivity index is 1.83. The van der Waals surface area contributed by atoms with E-state index in [2.05, 4.69) is 10.3 Å². The van der Waals surface area contributed by atoms with Crippen molar-refractivity contribution >= 4 is 23.4 Å².